The van der Waals surface area contributed by atoms with Gasteiger partial charge in [-0.25, -0.2) is 0 Å². The average Bonchev–Trinajstić information content (AvgIpc) is 2.87. The highest BCUT2D eigenvalue weighted by molar-refractivity contribution is 6.06. The highest BCUT2D eigenvalue weighted by Crippen LogP contribution is 2.23. The van der Waals surface area contributed by atoms with Crippen molar-refractivity contribution in [2.24, 2.45) is 5.92 Å². The third-order valence-electron chi connectivity index (χ3n) is 4.87. The third-order valence-corrected chi connectivity index (χ3v) is 4.87. The first-order chi connectivity index (χ1) is 11.5. The van der Waals surface area contributed by atoms with Gasteiger partial charge >= 0.3 is 0 Å². The normalized spacial score (nSPS) is 22.9. The van der Waals surface area contributed by atoms with Crippen LogP contribution >= 0.6 is 0 Å². The van der Waals surface area contributed by atoms with Crippen molar-refractivity contribution in [1.29, 1.82) is 0 Å². The van der Waals surface area contributed by atoms with E-state index >= 15 is 0 Å². The minimum atomic E-state index is -0.710. The molecular weight excluding hydrogens is 306 g/mol. The fourth-order valence-corrected chi connectivity index (χ4v) is 3.41. The molecule has 1 aromatic rings. The van der Waals surface area contributed by atoms with Crippen molar-refractivity contribution in [2.75, 3.05) is 31.1 Å². The van der Waals surface area contributed by atoms with E-state index in [0.29, 0.717) is 13.1 Å². The Kier molecular flexibility index (Phi) is 4.55. The molecule has 2 aliphatic heterocycles. The molecular formula is C18H23N3O3. The zero-order chi connectivity index (χ0) is 17.3. The van der Waals surface area contributed by atoms with Gasteiger partial charge in [-0.2, -0.15) is 0 Å². The lowest BCUT2D eigenvalue weighted by molar-refractivity contribution is -0.150. The molecule has 24 heavy (non-hydrogen) atoms. The summed E-state index contributed by atoms with van der Waals surface area (Å²) in [5, 5.41) is 0. The first-order valence-corrected chi connectivity index (χ1v) is 8.43. The van der Waals surface area contributed by atoms with Crippen LogP contribution in [-0.4, -0.2) is 59.7 Å². The number of nitrogens with zero attached hydrogens (tertiary/aromatic N) is 3. The summed E-state index contributed by atoms with van der Waals surface area (Å²) in [7, 11) is 0. The molecule has 2 atom stereocenters. The Bertz CT molecular complexity index is 638. The average molecular weight is 329 g/mol. The van der Waals surface area contributed by atoms with Crippen LogP contribution in [0.3, 0.4) is 0 Å². The second kappa shape index (κ2) is 6.63. The number of carbonyl (C=O) groups is 3. The number of imide groups is 1. The van der Waals surface area contributed by atoms with E-state index in [0.717, 1.165) is 23.7 Å². The van der Waals surface area contributed by atoms with Gasteiger partial charge < -0.3 is 9.80 Å². The highest BCUT2D eigenvalue weighted by atomic mass is 16.2. The summed E-state index contributed by atoms with van der Waals surface area (Å²) in [5.74, 6) is -0.929. The van der Waals surface area contributed by atoms with E-state index in [4.69, 9.17) is 0 Å². The Morgan fingerprint density at radius 3 is 2.25 bits per heavy atom. The van der Waals surface area contributed by atoms with Crippen LogP contribution in [0.5, 0.6) is 0 Å². The molecule has 6 nitrogen and oxygen atoms in total. The van der Waals surface area contributed by atoms with Crippen molar-refractivity contribution in [3.63, 3.8) is 0 Å². The number of benzene rings is 1. The van der Waals surface area contributed by atoms with E-state index in [1.165, 1.54) is 0 Å². The first-order valence-electron chi connectivity index (χ1n) is 8.43. The summed E-state index contributed by atoms with van der Waals surface area (Å²) in [6.07, 6.45) is 0.207. The number of piperazine rings is 1. The van der Waals surface area contributed by atoms with Crippen LogP contribution in [0.25, 0.3) is 0 Å². The Morgan fingerprint density at radius 2 is 1.71 bits per heavy atom. The highest BCUT2D eigenvalue weighted by Gasteiger charge is 2.42. The number of hydrogen-bond acceptors (Lipinski definition) is 4. The van der Waals surface area contributed by atoms with Crippen LogP contribution in [0.2, 0.25) is 0 Å². The second-order valence-corrected chi connectivity index (χ2v) is 6.53. The number of likely N-dealkylation sites (tertiary alicyclic amines) is 1. The zero-order valence-electron chi connectivity index (χ0n) is 14.1. The summed E-state index contributed by atoms with van der Waals surface area (Å²) < 4.78 is 0. The molecule has 2 fully saturated rings. The quantitative estimate of drug-likeness (QED) is 0.780. The molecule has 0 aliphatic carbocycles. The maximum absolute atomic E-state index is 12.7. The summed E-state index contributed by atoms with van der Waals surface area (Å²) in [5.41, 5.74) is 1.15. The lowest BCUT2D eigenvalue weighted by Crippen LogP contribution is -2.55. The van der Waals surface area contributed by atoms with Crippen molar-refractivity contribution in [1.82, 2.24) is 9.80 Å². The third kappa shape index (κ3) is 3.00. The molecule has 3 amide bonds. The Balaban J connectivity index is 1.61. The van der Waals surface area contributed by atoms with E-state index in [2.05, 4.69) is 17.0 Å². The second-order valence-electron chi connectivity index (χ2n) is 6.53. The van der Waals surface area contributed by atoms with Crippen LogP contribution in [0.4, 0.5) is 5.69 Å². The van der Waals surface area contributed by atoms with Crippen LogP contribution in [-0.2, 0) is 14.4 Å². The predicted octanol–water partition coefficient (Wildman–Crippen LogP) is 1.12. The van der Waals surface area contributed by atoms with Gasteiger partial charge in [0.05, 0.1) is 0 Å². The SMILES string of the molecule is CC1CC(=O)N(C(C)C(=O)N2CCN(c3ccccc3)CC2)C1=O. The summed E-state index contributed by atoms with van der Waals surface area (Å²) in [6, 6.07) is 9.39. The lowest BCUT2D eigenvalue weighted by Gasteiger charge is -2.38. The topological polar surface area (TPSA) is 60.9 Å². The van der Waals surface area contributed by atoms with Gasteiger partial charge in [-0.05, 0) is 19.1 Å². The maximum atomic E-state index is 12.7. The van der Waals surface area contributed by atoms with Crippen molar-refractivity contribution in [3.8, 4) is 0 Å². The molecule has 2 saturated heterocycles. The molecule has 128 valence electrons. The van der Waals surface area contributed by atoms with Crippen molar-refractivity contribution in [3.05, 3.63) is 30.3 Å². The molecule has 6 heteroatoms. The standard InChI is InChI=1S/C18H23N3O3/c1-13-12-16(22)21(17(13)23)14(2)18(24)20-10-8-19(9-11-20)15-6-4-3-5-7-15/h3-7,13-14H,8-12H2,1-2H3. The number of anilines is 1. The van der Waals surface area contributed by atoms with E-state index < -0.39 is 6.04 Å². The molecule has 1 aromatic carbocycles. The van der Waals surface area contributed by atoms with Gasteiger partial charge in [-0.3, -0.25) is 19.3 Å². The van der Waals surface area contributed by atoms with E-state index in [9.17, 15) is 14.4 Å². The van der Waals surface area contributed by atoms with Crippen LogP contribution < -0.4 is 4.90 Å². The molecule has 0 aromatic heterocycles. The Morgan fingerprint density at radius 1 is 1.08 bits per heavy atom. The molecule has 0 spiro atoms. The Labute approximate surface area is 142 Å². The number of hydrogen-bond donors (Lipinski definition) is 0. The molecule has 3 rings (SSSR count). The molecule has 0 N–H and O–H groups in total. The first kappa shape index (κ1) is 16.5. The van der Waals surface area contributed by atoms with Gasteiger partial charge in [-0.15, -0.1) is 0 Å². The van der Waals surface area contributed by atoms with Crippen molar-refractivity contribution >= 4 is 23.4 Å². The minimum Gasteiger partial charge on any atom is -0.368 e. The summed E-state index contributed by atoms with van der Waals surface area (Å²) in [6.45, 7) is 6.09. The van der Waals surface area contributed by atoms with Crippen LogP contribution in [0.15, 0.2) is 30.3 Å². The molecule has 0 saturated carbocycles. The zero-order valence-corrected chi connectivity index (χ0v) is 14.1. The van der Waals surface area contributed by atoms with E-state index in [-0.39, 0.29) is 30.1 Å². The predicted molar refractivity (Wildman–Crippen MR) is 90.3 cm³/mol. The van der Waals surface area contributed by atoms with Gasteiger partial charge in [0.15, 0.2) is 0 Å². The molecule has 2 aliphatic rings. The number of carbonyl (C=O) groups excluding carboxylic acids is 3. The van der Waals surface area contributed by atoms with Crippen LogP contribution in [0.1, 0.15) is 20.3 Å². The summed E-state index contributed by atoms with van der Waals surface area (Å²) >= 11 is 0. The summed E-state index contributed by atoms with van der Waals surface area (Å²) in [4.78, 5) is 41.9. The van der Waals surface area contributed by atoms with Gasteiger partial charge in [0.1, 0.15) is 6.04 Å². The van der Waals surface area contributed by atoms with E-state index in [1.807, 2.05) is 18.2 Å². The smallest absolute Gasteiger partial charge is 0.245 e. The van der Waals surface area contributed by atoms with Gasteiger partial charge in [0.25, 0.3) is 0 Å². The van der Waals surface area contributed by atoms with Gasteiger partial charge in [0, 0.05) is 44.2 Å². The molecule has 0 bridgehead atoms. The fraction of sp³-hybridized carbons (Fsp3) is 0.500. The van der Waals surface area contributed by atoms with Crippen molar-refractivity contribution in [2.45, 2.75) is 26.3 Å². The lowest BCUT2D eigenvalue weighted by atomic mass is 10.1. The van der Waals surface area contributed by atoms with Crippen molar-refractivity contribution < 1.29 is 14.4 Å². The Hall–Kier alpha value is -2.37. The molecule has 2 unspecified atom stereocenters. The minimum absolute atomic E-state index is 0.140. The number of para-hydroxylation sites is 1. The number of rotatable bonds is 3. The maximum Gasteiger partial charge on any atom is 0.245 e. The number of amides is 3. The molecule has 2 heterocycles. The van der Waals surface area contributed by atoms with E-state index in [1.54, 1.807) is 18.7 Å². The molecule has 0 radical (unpaired) electrons. The fourth-order valence-electron chi connectivity index (χ4n) is 3.41. The largest absolute Gasteiger partial charge is 0.368 e. The van der Waals surface area contributed by atoms with Crippen LogP contribution in [0, 0.1) is 5.92 Å². The van der Waals surface area contributed by atoms with Gasteiger partial charge in [-0.1, -0.05) is 25.1 Å². The van der Waals surface area contributed by atoms with Gasteiger partial charge in [0.2, 0.25) is 17.7 Å². The monoisotopic (exact) mass is 329 g/mol.